The molecule has 0 saturated carbocycles. The molecule has 1 aromatic rings. The molecular formula is C10H13BrN2OS. The first-order valence-corrected chi connectivity index (χ1v) is 6.53. The Labute approximate surface area is 102 Å². The zero-order valence-electron chi connectivity index (χ0n) is 8.50. The number of carbonyl (C=O) groups excluding carboxylic acids is 1. The van der Waals surface area contributed by atoms with Crippen LogP contribution < -0.4 is 5.32 Å². The average molecular weight is 289 g/mol. The molecule has 0 aliphatic carbocycles. The number of carbonyl (C=O) groups is 1. The van der Waals surface area contributed by atoms with Crippen molar-refractivity contribution in [3.05, 3.63) is 20.8 Å². The van der Waals surface area contributed by atoms with Crippen LogP contribution in [0.4, 0.5) is 0 Å². The maximum Gasteiger partial charge on any atom is 0.225 e. The minimum Gasteiger partial charge on any atom is -0.359 e. The number of hydrogen-bond donors (Lipinski definition) is 1. The number of likely N-dealkylation sites (tertiary alicyclic amines) is 1. The van der Waals surface area contributed by atoms with E-state index in [2.05, 4.69) is 37.6 Å². The highest BCUT2D eigenvalue weighted by atomic mass is 79.9. The van der Waals surface area contributed by atoms with E-state index >= 15 is 0 Å². The van der Waals surface area contributed by atoms with Crippen molar-refractivity contribution in [3.8, 4) is 0 Å². The van der Waals surface area contributed by atoms with Crippen LogP contribution in [0.5, 0.6) is 0 Å². The van der Waals surface area contributed by atoms with E-state index in [0.717, 1.165) is 24.1 Å². The second kappa shape index (κ2) is 4.63. The zero-order chi connectivity index (χ0) is 10.8. The SMILES string of the molecule is CNC(=O)C1CN(Cc2cc(Br)cs2)C1. The van der Waals surface area contributed by atoms with Gasteiger partial charge in [0.15, 0.2) is 0 Å². The Balaban J connectivity index is 1.79. The normalized spacial score (nSPS) is 17.5. The minimum absolute atomic E-state index is 0.165. The molecule has 1 aliphatic heterocycles. The van der Waals surface area contributed by atoms with Crippen molar-refractivity contribution in [2.24, 2.45) is 5.92 Å². The molecule has 0 spiro atoms. The summed E-state index contributed by atoms with van der Waals surface area (Å²) in [6.45, 7) is 2.73. The molecule has 0 bridgehead atoms. The van der Waals surface area contributed by atoms with Crippen molar-refractivity contribution in [2.45, 2.75) is 6.54 Å². The molecule has 1 amide bonds. The fourth-order valence-corrected chi connectivity index (χ4v) is 3.22. The van der Waals surface area contributed by atoms with Crippen molar-refractivity contribution < 1.29 is 4.79 Å². The predicted molar refractivity (Wildman–Crippen MR) is 64.9 cm³/mol. The second-order valence-electron chi connectivity index (χ2n) is 3.74. The van der Waals surface area contributed by atoms with E-state index in [0.29, 0.717) is 0 Å². The number of amides is 1. The van der Waals surface area contributed by atoms with Crippen LogP contribution in [0, 0.1) is 5.92 Å². The third kappa shape index (κ3) is 2.59. The van der Waals surface area contributed by atoms with Crippen molar-refractivity contribution in [1.29, 1.82) is 0 Å². The lowest BCUT2D eigenvalue weighted by Crippen LogP contribution is -2.52. The molecule has 1 aliphatic rings. The van der Waals surface area contributed by atoms with Gasteiger partial charge in [-0.2, -0.15) is 0 Å². The summed E-state index contributed by atoms with van der Waals surface area (Å²) in [7, 11) is 1.70. The van der Waals surface area contributed by atoms with Crippen LogP contribution in [0.25, 0.3) is 0 Å². The van der Waals surface area contributed by atoms with E-state index in [4.69, 9.17) is 0 Å². The van der Waals surface area contributed by atoms with Crippen LogP contribution in [-0.4, -0.2) is 30.9 Å². The van der Waals surface area contributed by atoms with E-state index in [1.807, 2.05) is 0 Å². The highest BCUT2D eigenvalue weighted by Gasteiger charge is 2.31. The van der Waals surface area contributed by atoms with Crippen molar-refractivity contribution >= 4 is 33.2 Å². The number of halogens is 1. The van der Waals surface area contributed by atoms with Crippen LogP contribution in [0.1, 0.15) is 4.88 Å². The second-order valence-corrected chi connectivity index (χ2v) is 5.65. The first-order chi connectivity index (χ1) is 7.19. The van der Waals surface area contributed by atoms with E-state index < -0.39 is 0 Å². The molecule has 2 heterocycles. The van der Waals surface area contributed by atoms with Crippen molar-refractivity contribution in [3.63, 3.8) is 0 Å². The summed E-state index contributed by atoms with van der Waals surface area (Å²) in [6.07, 6.45) is 0. The van der Waals surface area contributed by atoms with Crippen LogP contribution in [-0.2, 0) is 11.3 Å². The fraction of sp³-hybridized carbons (Fsp3) is 0.500. The summed E-state index contributed by atoms with van der Waals surface area (Å²) in [5.41, 5.74) is 0. The molecule has 0 radical (unpaired) electrons. The number of hydrogen-bond acceptors (Lipinski definition) is 3. The van der Waals surface area contributed by atoms with Crippen LogP contribution >= 0.6 is 27.3 Å². The Bertz CT molecular complexity index is 360. The Kier molecular flexibility index (Phi) is 3.43. The molecule has 15 heavy (non-hydrogen) atoms. The molecule has 0 unspecified atom stereocenters. The number of thiophene rings is 1. The minimum atomic E-state index is 0.165. The van der Waals surface area contributed by atoms with Gasteiger partial charge < -0.3 is 5.32 Å². The zero-order valence-corrected chi connectivity index (χ0v) is 10.9. The molecule has 3 nitrogen and oxygen atoms in total. The molecule has 0 atom stereocenters. The number of nitrogens with zero attached hydrogens (tertiary/aromatic N) is 1. The van der Waals surface area contributed by atoms with Gasteiger partial charge in [0.1, 0.15) is 0 Å². The molecular weight excluding hydrogens is 276 g/mol. The summed E-state index contributed by atoms with van der Waals surface area (Å²) >= 11 is 5.19. The highest BCUT2D eigenvalue weighted by molar-refractivity contribution is 9.10. The lowest BCUT2D eigenvalue weighted by Gasteiger charge is -2.37. The van der Waals surface area contributed by atoms with Gasteiger partial charge in [-0.15, -0.1) is 11.3 Å². The molecule has 1 aromatic heterocycles. The lowest BCUT2D eigenvalue weighted by molar-refractivity contribution is -0.129. The summed E-state index contributed by atoms with van der Waals surface area (Å²) in [5, 5.41) is 4.77. The van der Waals surface area contributed by atoms with Crippen LogP contribution in [0.2, 0.25) is 0 Å². The van der Waals surface area contributed by atoms with Gasteiger partial charge >= 0.3 is 0 Å². The van der Waals surface area contributed by atoms with Crippen LogP contribution in [0.3, 0.4) is 0 Å². The van der Waals surface area contributed by atoms with E-state index in [1.54, 1.807) is 18.4 Å². The van der Waals surface area contributed by atoms with Gasteiger partial charge in [0.2, 0.25) is 5.91 Å². The third-order valence-electron chi connectivity index (χ3n) is 2.58. The molecule has 1 saturated heterocycles. The summed E-state index contributed by atoms with van der Waals surface area (Å²) in [6, 6.07) is 2.14. The van der Waals surface area contributed by atoms with Gasteiger partial charge in [-0.3, -0.25) is 9.69 Å². The fourth-order valence-electron chi connectivity index (χ4n) is 1.73. The standard InChI is InChI=1S/C10H13BrN2OS/c1-12-10(14)7-3-13(4-7)5-9-2-8(11)6-15-9/h2,6-7H,3-5H2,1H3,(H,12,14). The van der Waals surface area contributed by atoms with Gasteiger partial charge in [0, 0.05) is 41.4 Å². The van der Waals surface area contributed by atoms with E-state index in [1.165, 1.54) is 4.88 Å². The first-order valence-electron chi connectivity index (χ1n) is 4.86. The molecule has 5 heteroatoms. The van der Waals surface area contributed by atoms with Crippen molar-refractivity contribution in [1.82, 2.24) is 10.2 Å². The molecule has 2 rings (SSSR count). The smallest absolute Gasteiger partial charge is 0.225 e. The summed E-state index contributed by atoms with van der Waals surface area (Å²) < 4.78 is 1.14. The molecule has 1 N–H and O–H groups in total. The monoisotopic (exact) mass is 288 g/mol. The Morgan fingerprint density at radius 1 is 1.73 bits per heavy atom. The Hall–Kier alpha value is -0.390. The number of nitrogens with one attached hydrogen (secondary N) is 1. The first kappa shape index (κ1) is 11.1. The number of rotatable bonds is 3. The predicted octanol–water partition coefficient (Wildman–Crippen LogP) is 1.69. The summed E-state index contributed by atoms with van der Waals surface area (Å²) in [4.78, 5) is 14.9. The third-order valence-corrected chi connectivity index (χ3v) is 4.26. The van der Waals surface area contributed by atoms with Gasteiger partial charge in [0.05, 0.1) is 5.92 Å². The molecule has 82 valence electrons. The lowest BCUT2D eigenvalue weighted by atomic mass is 9.99. The topological polar surface area (TPSA) is 32.3 Å². The molecule has 1 fully saturated rings. The van der Waals surface area contributed by atoms with Crippen LogP contribution in [0.15, 0.2) is 15.9 Å². The maximum absolute atomic E-state index is 11.3. The Morgan fingerprint density at radius 3 is 3.00 bits per heavy atom. The largest absolute Gasteiger partial charge is 0.359 e. The van der Waals surface area contributed by atoms with Crippen molar-refractivity contribution in [2.75, 3.05) is 20.1 Å². The molecule has 0 aromatic carbocycles. The highest BCUT2D eigenvalue weighted by Crippen LogP contribution is 2.24. The summed E-state index contributed by atoms with van der Waals surface area (Å²) in [5.74, 6) is 0.358. The quantitative estimate of drug-likeness (QED) is 0.918. The average Bonchev–Trinajstić information content (AvgIpc) is 2.56. The van der Waals surface area contributed by atoms with E-state index in [-0.39, 0.29) is 11.8 Å². The van der Waals surface area contributed by atoms with Gasteiger partial charge in [-0.1, -0.05) is 0 Å². The van der Waals surface area contributed by atoms with Gasteiger partial charge in [0.25, 0.3) is 0 Å². The maximum atomic E-state index is 11.3. The van der Waals surface area contributed by atoms with Gasteiger partial charge in [-0.25, -0.2) is 0 Å². The van der Waals surface area contributed by atoms with E-state index in [9.17, 15) is 4.79 Å². The van der Waals surface area contributed by atoms with Gasteiger partial charge in [-0.05, 0) is 22.0 Å². The Morgan fingerprint density at radius 2 is 2.47 bits per heavy atom.